The number of methoxy groups -OCH3 is 1. The zero-order valence-corrected chi connectivity index (χ0v) is 14.6. The predicted molar refractivity (Wildman–Crippen MR) is 99.8 cm³/mol. The van der Waals surface area contributed by atoms with Crippen molar-refractivity contribution in [1.82, 2.24) is 4.90 Å². The number of rotatable bonds is 4. The van der Waals surface area contributed by atoms with Gasteiger partial charge in [-0.3, -0.25) is 9.69 Å². The molecule has 1 saturated heterocycles. The minimum absolute atomic E-state index is 0.00771. The van der Waals surface area contributed by atoms with Gasteiger partial charge in [0.05, 0.1) is 18.6 Å². The molecule has 1 N–H and O–H groups in total. The topological polar surface area (TPSA) is 49.8 Å². The number of thiocarbonyl (C=S) groups is 1. The summed E-state index contributed by atoms with van der Waals surface area (Å²) in [5, 5.41) is 10.2. The molecule has 0 aliphatic carbocycles. The van der Waals surface area contributed by atoms with Crippen LogP contribution in [0.2, 0.25) is 0 Å². The van der Waals surface area contributed by atoms with Crippen LogP contribution < -0.4 is 4.74 Å². The van der Waals surface area contributed by atoms with Crippen LogP contribution in [0.4, 0.5) is 0 Å². The molecule has 0 radical (unpaired) electrons. The molecule has 0 atom stereocenters. The maximum Gasteiger partial charge on any atom is 0.266 e. The van der Waals surface area contributed by atoms with Gasteiger partial charge in [0.25, 0.3) is 5.91 Å². The van der Waals surface area contributed by atoms with Gasteiger partial charge in [-0.2, -0.15) is 0 Å². The fourth-order valence-corrected chi connectivity index (χ4v) is 3.61. The van der Waals surface area contributed by atoms with E-state index in [0.29, 0.717) is 27.1 Å². The number of para-hydroxylation sites is 1. The van der Waals surface area contributed by atoms with Crippen molar-refractivity contribution in [3.8, 4) is 11.5 Å². The fourth-order valence-electron chi connectivity index (χ4n) is 2.36. The summed E-state index contributed by atoms with van der Waals surface area (Å²) in [4.78, 5) is 14.7. The van der Waals surface area contributed by atoms with Crippen LogP contribution in [0.1, 0.15) is 11.1 Å². The molecule has 4 nitrogen and oxygen atoms in total. The van der Waals surface area contributed by atoms with Crippen LogP contribution in [0.5, 0.6) is 11.5 Å². The largest absolute Gasteiger partial charge is 0.504 e. The lowest BCUT2D eigenvalue weighted by Crippen LogP contribution is -2.27. The number of phenolic OH excluding ortho intramolecular Hbond substituents is 1. The van der Waals surface area contributed by atoms with E-state index in [4.69, 9.17) is 17.0 Å². The second-order valence-corrected chi connectivity index (χ2v) is 6.83. The van der Waals surface area contributed by atoms with Crippen LogP contribution >= 0.6 is 24.0 Å². The standard InChI is InChI=1S/C18H15NO3S2/c1-22-14-9-5-8-13(16(14)20)10-15-17(21)19(18(23)24-15)11-12-6-3-2-4-7-12/h2-10,20H,11H2,1H3/b15-10-. The molecular formula is C18H15NO3S2. The summed E-state index contributed by atoms with van der Waals surface area (Å²) in [5.74, 6) is 0.216. The third-order valence-corrected chi connectivity index (χ3v) is 4.97. The first-order valence-corrected chi connectivity index (χ1v) is 8.48. The van der Waals surface area contributed by atoms with Crippen molar-refractivity contribution in [3.05, 3.63) is 64.6 Å². The Morgan fingerprint density at radius 3 is 2.67 bits per heavy atom. The molecule has 0 spiro atoms. The monoisotopic (exact) mass is 357 g/mol. The number of hydrogen-bond acceptors (Lipinski definition) is 5. The maximum absolute atomic E-state index is 12.6. The van der Waals surface area contributed by atoms with Crippen molar-refractivity contribution in [2.45, 2.75) is 6.54 Å². The highest BCUT2D eigenvalue weighted by Gasteiger charge is 2.32. The van der Waals surface area contributed by atoms with Crippen LogP contribution in [-0.4, -0.2) is 27.3 Å². The fraction of sp³-hybridized carbons (Fsp3) is 0.111. The number of ether oxygens (including phenoxy) is 1. The molecule has 24 heavy (non-hydrogen) atoms. The Morgan fingerprint density at radius 1 is 1.21 bits per heavy atom. The summed E-state index contributed by atoms with van der Waals surface area (Å²) in [7, 11) is 1.48. The molecule has 2 aromatic rings. The van der Waals surface area contributed by atoms with Gasteiger partial charge in [0, 0.05) is 5.56 Å². The number of carbonyl (C=O) groups is 1. The van der Waals surface area contributed by atoms with E-state index in [1.54, 1.807) is 29.2 Å². The van der Waals surface area contributed by atoms with E-state index in [-0.39, 0.29) is 11.7 Å². The molecule has 122 valence electrons. The lowest BCUT2D eigenvalue weighted by atomic mass is 10.1. The Hall–Kier alpha value is -2.31. The molecule has 0 bridgehead atoms. The second kappa shape index (κ2) is 7.07. The molecule has 1 aliphatic heterocycles. The first-order valence-electron chi connectivity index (χ1n) is 7.25. The predicted octanol–water partition coefficient (Wildman–Crippen LogP) is 3.80. The van der Waals surface area contributed by atoms with Crippen LogP contribution in [0, 0.1) is 0 Å². The minimum atomic E-state index is -0.156. The van der Waals surface area contributed by atoms with E-state index >= 15 is 0 Å². The summed E-state index contributed by atoms with van der Waals surface area (Å²) < 4.78 is 5.60. The number of nitrogens with zero attached hydrogens (tertiary/aromatic N) is 1. The highest BCUT2D eigenvalue weighted by Crippen LogP contribution is 2.37. The number of carbonyl (C=O) groups excluding carboxylic acids is 1. The summed E-state index contributed by atoms with van der Waals surface area (Å²) in [6, 6.07) is 14.8. The van der Waals surface area contributed by atoms with Gasteiger partial charge >= 0.3 is 0 Å². The van der Waals surface area contributed by atoms with Gasteiger partial charge in [-0.15, -0.1) is 0 Å². The number of amides is 1. The number of thioether (sulfide) groups is 1. The average molecular weight is 357 g/mol. The first-order chi connectivity index (χ1) is 11.6. The molecule has 2 aromatic carbocycles. The smallest absolute Gasteiger partial charge is 0.266 e. The van der Waals surface area contributed by atoms with Crippen LogP contribution in [0.15, 0.2) is 53.4 Å². The Labute approximate surface area is 149 Å². The van der Waals surface area contributed by atoms with E-state index in [0.717, 1.165) is 5.56 Å². The quantitative estimate of drug-likeness (QED) is 0.666. The summed E-state index contributed by atoms with van der Waals surface area (Å²) >= 11 is 6.57. The van der Waals surface area contributed by atoms with Gasteiger partial charge in [-0.25, -0.2) is 0 Å². The summed E-state index contributed by atoms with van der Waals surface area (Å²) in [5.41, 5.74) is 1.54. The molecule has 6 heteroatoms. The van der Waals surface area contributed by atoms with Gasteiger partial charge in [0.1, 0.15) is 4.32 Å². The van der Waals surface area contributed by atoms with Crippen LogP contribution in [-0.2, 0) is 11.3 Å². The molecular weight excluding hydrogens is 342 g/mol. The molecule has 0 unspecified atom stereocenters. The molecule has 3 rings (SSSR count). The maximum atomic E-state index is 12.6. The molecule has 1 aliphatic rings. The van der Waals surface area contributed by atoms with Crippen LogP contribution in [0.3, 0.4) is 0 Å². The van der Waals surface area contributed by atoms with E-state index in [9.17, 15) is 9.90 Å². The highest BCUT2D eigenvalue weighted by molar-refractivity contribution is 8.26. The molecule has 1 fully saturated rings. The zero-order valence-electron chi connectivity index (χ0n) is 12.9. The Balaban J connectivity index is 1.86. The minimum Gasteiger partial charge on any atom is -0.504 e. The Morgan fingerprint density at radius 2 is 1.96 bits per heavy atom. The van der Waals surface area contributed by atoms with Crippen molar-refractivity contribution >= 4 is 40.3 Å². The van der Waals surface area contributed by atoms with Crippen molar-refractivity contribution in [3.63, 3.8) is 0 Å². The number of phenols is 1. The number of aromatic hydroxyl groups is 1. The Kier molecular flexibility index (Phi) is 4.87. The van der Waals surface area contributed by atoms with E-state index in [2.05, 4.69) is 0 Å². The van der Waals surface area contributed by atoms with Crippen molar-refractivity contribution in [1.29, 1.82) is 0 Å². The van der Waals surface area contributed by atoms with E-state index < -0.39 is 0 Å². The Bertz CT molecular complexity index is 818. The highest BCUT2D eigenvalue weighted by atomic mass is 32.2. The van der Waals surface area contributed by atoms with Crippen LogP contribution in [0.25, 0.3) is 6.08 Å². The normalized spacial score (nSPS) is 16.0. The molecule has 0 saturated carbocycles. The lowest BCUT2D eigenvalue weighted by molar-refractivity contribution is -0.122. The van der Waals surface area contributed by atoms with Gasteiger partial charge in [-0.05, 0) is 17.7 Å². The zero-order chi connectivity index (χ0) is 17.1. The van der Waals surface area contributed by atoms with Gasteiger partial charge in [0.15, 0.2) is 11.5 Å². The SMILES string of the molecule is COc1cccc(/C=C2\SC(=S)N(Cc3ccccc3)C2=O)c1O. The van der Waals surface area contributed by atoms with Gasteiger partial charge in [-0.1, -0.05) is 66.4 Å². The molecule has 1 amide bonds. The first kappa shape index (κ1) is 16.5. The van der Waals surface area contributed by atoms with Gasteiger partial charge < -0.3 is 9.84 Å². The number of benzene rings is 2. The third-order valence-electron chi connectivity index (χ3n) is 3.59. The average Bonchev–Trinajstić information content (AvgIpc) is 2.85. The third kappa shape index (κ3) is 3.29. The number of hydrogen-bond donors (Lipinski definition) is 1. The summed E-state index contributed by atoms with van der Waals surface area (Å²) in [6.45, 7) is 0.437. The van der Waals surface area contributed by atoms with Crippen molar-refractivity contribution in [2.75, 3.05) is 7.11 Å². The lowest BCUT2D eigenvalue weighted by Gasteiger charge is -2.14. The molecule has 1 heterocycles. The van der Waals surface area contributed by atoms with Gasteiger partial charge in [0.2, 0.25) is 0 Å². The van der Waals surface area contributed by atoms with E-state index in [1.807, 2.05) is 30.3 Å². The van der Waals surface area contributed by atoms with Crippen molar-refractivity contribution in [2.24, 2.45) is 0 Å². The van der Waals surface area contributed by atoms with Crippen molar-refractivity contribution < 1.29 is 14.6 Å². The second-order valence-electron chi connectivity index (χ2n) is 5.15. The molecule has 0 aromatic heterocycles. The summed E-state index contributed by atoms with van der Waals surface area (Å²) in [6.07, 6.45) is 1.64. The van der Waals surface area contributed by atoms with E-state index in [1.165, 1.54) is 18.9 Å².